The van der Waals surface area contributed by atoms with E-state index in [-0.39, 0.29) is 11.6 Å². The summed E-state index contributed by atoms with van der Waals surface area (Å²) >= 11 is 0. The predicted octanol–water partition coefficient (Wildman–Crippen LogP) is 3.01. The molecule has 0 saturated heterocycles. The van der Waals surface area contributed by atoms with Gasteiger partial charge in [0, 0.05) is 17.3 Å². The number of halogens is 1. The Morgan fingerprint density at radius 3 is 2.17 bits per heavy atom. The molecule has 2 rings (SSSR count). The number of nitrogens with two attached hydrogens (primary N) is 1. The maximum atomic E-state index is 12.7. The molecule has 0 atom stereocenters. The molecule has 0 radical (unpaired) electrons. The van der Waals surface area contributed by atoms with Gasteiger partial charge in [-0.2, -0.15) is 0 Å². The van der Waals surface area contributed by atoms with E-state index in [1.807, 2.05) is 30.3 Å². The van der Waals surface area contributed by atoms with Gasteiger partial charge >= 0.3 is 0 Å². The highest BCUT2D eigenvalue weighted by Gasteiger charge is 2.04. The van der Waals surface area contributed by atoms with E-state index in [2.05, 4.69) is 0 Å². The summed E-state index contributed by atoms with van der Waals surface area (Å²) in [4.78, 5) is 11.9. The van der Waals surface area contributed by atoms with Gasteiger partial charge in [-0.05, 0) is 29.8 Å². The highest BCUT2D eigenvalue weighted by atomic mass is 19.1. The van der Waals surface area contributed by atoms with Crippen molar-refractivity contribution in [2.75, 3.05) is 0 Å². The van der Waals surface area contributed by atoms with Gasteiger partial charge in [-0.3, -0.25) is 4.79 Å². The second kappa shape index (κ2) is 5.27. The third kappa shape index (κ3) is 2.83. The molecule has 0 heterocycles. The molecule has 0 amide bonds. The molecule has 2 aromatic carbocycles. The van der Waals surface area contributed by atoms with Gasteiger partial charge in [0.1, 0.15) is 5.82 Å². The van der Waals surface area contributed by atoms with Crippen molar-refractivity contribution < 1.29 is 9.18 Å². The molecule has 0 aliphatic carbocycles. The fourth-order valence-electron chi connectivity index (χ4n) is 1.55. The van der Waals surface area contributed by atoms with Crippen molar-refractivity contribution in [1.82, 2.24) is 0 Å². The Labute approximate surface area is 105 Å². The first-order valence-corrected chi connectivity index (χ1v) is 5.49. The van der Waals surface area contributed by atoms with Crippen LogP contribution in [0.5, 0.6) is 0 Å². The van der Waals surface area contributed by atoms with E-state index >= 15 is 0 Å². The third-order valence-corrected chi connectivity index (χ3v) is 2.52. The van der Waals surface area contributed by atoms with Crippen molar-refractivity contribution in [1.29, 1.82) is 0 Å². The average molecular weight is 241 g/mol. The molecule has 18 heavy (non-hydrogen) atoms. The lowest BCUT2D eigenvalue weighted by atomic mass is 10.1. The topological polar surface area (TPSA) is 43.1 Å². The number of benzene rings is 2. The molecule has 0 fully saturated rings. The lowest BCUT2D eigenvalue weighted by Crippen LogP contribution is -2.02. The zero-order valence-electron chi connectivity index (χ0n) is 9.64. The highest BCUT2D eigenvalue weighted by Crippen LogP contribution is 2.10. The Hall–Kier alpha value is -2.42. The van der Waals surface area contributed by atoms with E-state index < -0.39 is 0 Å². The summed E-state index contributed by atoms with van der Waals surface area (Å²) in [5.41, 5.74) is 7.42. The monoisotopic (exact) mass is 241 g/mol. The standard InChI is InChI=1S/C15H12FNO/c16-13-8-6-12(7-9-13)15(18)10-14(17)11-4-2-1-3-5-11/h1-10H,17H2/b14-10-. The van der Waals surface area contributed by atoms with Crippen LogP contribution in [0.25, 0.3) is 5.70 Å². The lowest BCUT2D eigenvalue weighted by molar-refractivity contribution is 0.104. The van der Waals surface area contributed by atoms with Crippen LogP contribution in [0, 0.1) is 5.82 Å². The minimum Gasteiger partial charge on any atom is -0.398 e. The number of carbonyl (C=O) groups is 1. The first-order chi connectivity index (χ1) is 8.66. The van der Waals surface area contributed by atoms with Crippen molar-refractivity contribution in [2.24, 2.45) is 5.73 Å². The maximum Gasteiger partial charge on any atom is 0.187 e. The second-order valence-corrected chi connectivity index (χ2v) is 3.84. The molecule has 2 nitrogen and oxygen atoms in total. The van der Waals surface area contributed by atoms with Crippen LogP contribution in [0.1, 0.15) is 15.9 Å². The molecule has 0 aliphatic rings. The molecule has 0 unspecified atom stereocenters. The van der Waals surface area contributed by atoms with Crippen molar-refractivity contribution >= 4 is 11.5 Å². The predicted molar refractivity (Wildman–Crippen MR) is 69.3 cm³/mol. The quantitative estimate of drug-likeness (QED) is 0.663. The largest absolute Gasteiger partial charge is 0.398 e. The first kappa shape index (κ1) is 12.0. The van der Waals surface area contributed by atoms with Gasteiger partial charge in [-0.1, -0.05) is 30.3 Å². The van der Waals surface area contributed by atoms with Crippen LogP contribution in [0.3, 0.4) is 0 Å². The molecule has 0 aliphatic heterocycles. The van der Waals surface area contributed by atoms with Crippen LogP contribution < -0.4 is 5.73 Å². The minimum atomic E-state index is -0.369. The Morgan fingerprint density at radius 1 is 0.944 bits per heavy atom. The van der Waals surface area contributed by atoms with E-state index in [0.29, 0.717) is 11.3 Å². The number of hydrogen-bond acceptors (Lipinski definition) is 2. The fraction of sp³-hybridized carbons (Fsp3) is 0. The number of hydrogen-bond donors (Lipinski definition) is 1. The summed E-state index contributed by atoms with van der Waals surface area (Å²) in [6.45, 7) is 0. The Balaban J connectivity index is 2.23. The maximum absolute atomic E-state index is 12.7. The fourth-order valence-corrected chi connectivity index (χ4v) is 1.55. The van der Waals surface area contributed by atoms with Gasteiger partial charge in [0.05, 0.1) is 0 Å². The van der Waals surface area contributed by atoms with Gasteiger partial charge in [-0.15, -0.1) is 0 Å². The van der Waals surface area contributed by atoms with Gasteiger partial charge in [0.2, 0.25) is 0 Å². The van der Waals surface area contributed by atoms with Crippen LogP contribution in [0.4, 0.5) is 4.39 Å². The van der Waals surface area contributed by atoms with E-state index in [1.165, 1.54) is 30.3 Å². The van der Waals surface area contributed by atoms with Crippen molar-refractivity contribution in [3.8, 4) is 0 Å². The SMILES string of the molecule is N/C(=C\C(=O)c1ccc(F)cc1)c1ccccc1. The van der Waals surface area contributed by atoms with Gasteiger partial charge in [0.25, 0.3) is 0 Å². The number of ketones is 1. The summed E-state index contributed by atoms with van der Waals surface area (Å²) in [7, 11) is 0. The number of carbonyl (C=O) groups excluding carboxylic acids is 1. The van der Waals surface area contributed by atoms with Crippen molar-refractivity contribution in [2.45, 2.75) is 0 Å². The summed E-state index contributed by atoms with van der Waals surface area (Å²) in [5.74, 6) is -0.608. The molecule has 3 heteroatoms. The van der Waals surface area contributed by atoms with E-state index in [4.69, 9.17) is 5.73 Å². The molecule has 2 aromatic rings. The van der Waals surface area contributed by atoms with Crippen LogP contribution >= 0.6 is 0 Å². The summed E-state index contributed by atoms with van der Waals surface area (Å²) < 4.78 is 12.7. The molecule has 0 bridgehead atoms. The van der Waals surface area contributed by atoms with Gasteiger partial charge < -0.3 is 5.73 Å². The molecule has 0 spiro atoms. The van der Waals surface area contributed by atoms with Crippen LogP contribution in [-0.4, -0.2) is 5.78 Å². The number of allylic oxidation sites excluding steroid dienone is 1. The normalized spacial score (nSPS) is 11.3. The molecule has 0 aromatic heterocycles. The molecular weight excluding hydrogens is 229 g/mol. The third-order valence-electron chi connectivity index (χ3n) is 2.52. The molecule has 2 N–H and O–H groups in total. The highest BCUT2D eigenvalue weighted by molar-refractivity contribution is 6.08. The Bertz CT molecular complexity index is 573. The smallest absolute Gasteiger partial charge is 0.187 e. The second-order valence-electron chi connectivity index (χ2n) is 3.84. The first-order valence-electron chi connectivity index (χ1n) is 5.49. The summed E-state index contributed by atoms with van der Waals surface area (Å²) in [5, 5.41) is 0. The Morgan fingerprint density at radius 2 is 1.56 bits per heavy atom. The van der Waals surface area contributed by atoms with Crippen LogP contribution in [0.2, 0.25) is 0 Å². The van der Waals surface area contributed by atoms with Crippen molar-refractivity contribution in [3.63, 3.8) is 0 Å². The van der Waals surface area contributed by atoms with Crippen LogP contribution in [-0.2, 0) is 0 Å². The minimum absolute atomic E-state index is 0.239. The zero-order chi connectivity index (χ0) is 13.0. The Kier molecular flexibility index (Phi) is 3.53. The molecule has 0 saturated carbocycles. The lowest BCUT2D eigenvalue weighted by Gasteiger charge is -2.01. The van der Waals surface area contributed by atoms with Crippen LogP contribution in [0.15, 0.2) is 60.7 Å². The van der Waals surface area contributed by atoms with Crippen molar-refractivity contribution in [3.05, 3.63) is 77.6 Å². The van der Waals surface area contributed by atoms with E-state index in [9.17, 15) is 9.18 Å². The van der Waals surface area contributed by atoms with Gasteiger partial charge in [-0.25, -0.2) is 4.39 Å². The zero-order valence-corrected chi connectivity index (χ0v) is 9.64. The number of rotatable bonds is 3. The van der Waals surface area contributed by atoms with E-state index in [1.54, 1.807) is 0 Å². The molecule has 90 valence electrons. The summed E-state index contributed by atoms with van der Waals surface area (Å²) in [6.07, 6.45) is 1.35. The molecular formula is C15H12FNO. The van der Waals surface area contributed by atoms with E-state index in [0.717, 1.165) is 5.56 Å². The summed E-state index contributed by atoms with van der Waals surface area (Å²) in [6, 6.07) is 14.6. The average Bonchev–Trinajstić information content (AvgIpc) is 2.40. The van der Waals surface area contributed by atoms with Gasteiger partial charge in [0.15, 0.2) is 5.78 Å².